The van der Waals surface area contributed by atoms with Crippen molar-refractivity contribution in [3.63, 3.8) is 0 Å². The minimum Gasteiger partial charge on any atom is -0.369 e. The molecule has 8 heteroatoms. The van der Waals surface area contributed by atoms with Crippen LogP contribution in [-0.4, -0.2) is 33.7 Å². The topological polar surface area (TPSA) is 64.2 Å². The average molecular weight is 402 g/mol. The first kappa shape index (κ1) is 19.4. The second kappa shape index (κ2) is 7.51. The van der Waals surface area contributed by atoms with E-state index >= 15 is 0 Å². The van der Waals surface area contributed by atoms with E-state index in [9.17, 15) is 18.0 Å². The summed E-state index contributed by atoms with van der Waals surface area (Å²) in [6, 6.07) is 9.64. The summed E-state index contributed by atoms with van der Waals surface area (Å²) in [5.41, 5.74) is 6.44. The number of fused-ring (bicyclic) bond motifs is 1. The second-order valence-electron chi connectivity index (χ2n) is 7.39. The number of alkyl halides is 3. The predicted molar refractivity (Wildman–Crippen MR) is 103 cm³/mol. The Morgan fingerprint density at radius 1 is 1.10 bits per heavy atom. The quantitative estimate of drug-likeness (QED) is 0.708. The number of nitrogens with zero attached hydrogens (tertiary/aromatic N) is 3. The molecule has 0 spiro atoms. The van der Waals surface area contributed by atoms with E-state index in [2.05, 4.69) is 5.10 Å². The van der Waals surface area contributed by atoms with Crippen LogP contribution in [0.25, 0.3) is 16.6 Å². The molecule has 29 heavy (non-hydrogen) atoms. The van der Waals surface area contributed by atoms with Gasteiger partial charge in [0.1, 0.15) is 0 Å². The van der Waals surface area contributed by atoms with Gasteiger partial charge < -0.3 is 5.73 Å². The van der Waals surface area contributed by atoms with E-state index < -0.39 is 17.6 Å². The average Bonchev–Trinajstić information content (AvgIpc) is 3.30. The van der Waals surface area contributed by atoms with Crippen molar-refractivity contribution < 1.29 is 18.0 Å². The molecular formula is C21H21F3N4O. The SMILES string of the molecule is NC(=O)Cc1cccc2cn(-c3ccc(CN4CCCC4)c(C(F)(F)F)c3)nc12. The molecule has 2 aromatic carbocycles. The van der Waals surface area contributed by atoms with E-state index in [-0.39, 0.29) is 12.0 Å². The molecule has 0 atom stereocenters. The second-order valence-corrected chi connectivity index (χ2v) is 7.39. The van der Waals surface area contributed by atoms with Crippen LogP contribution in [0, 0.1) is 0 Å². The van der Waals surface area contributed by atoms with Gasteiger partial charge in [-0.3, -0.25) is 9.69 Å². The Morgan fingerprint density at radius 3 is 2.55 bits per heavy atom. The fourth-order valence-electron chi connectivity index (χ4n) is 3.86. The van der Waals surface area contributed by atoms with Gasteiger partial charge in [-0.15, -0.1) is 0 Å². The van der Waals surface area contributed by atoms with Gasteiger partial charge in [-0.25, -0.2) is 4.68 Å². The summed E-state index contributed by atoms with van der Waals surface area (Å²) in [6.07, 6.45) is -0.721. The van der Waals surface area contributed by atoms with E-state index in [0.29, 0.717) is 23.3 Å². The number of primary amides is 1. The maximum atomic E-state index is 13.7. The number of amides is 1. The van der Waals surface area contributed by atoms with Crippen molar-refractivity contribution in [3.05, 3.63) is 59.3 Å². The highest BCUT2D eigenvalue weighted by atomic mass is 19.4. The Hall–Kier alpha value is -2.87. The molecule has 1 saturated heterocycles. The monoisotopic (exact) mass is 402 g/mol. The smallest absolute Gasteiger partial charge is 0.369 e. The van der Waals surface area contributed by atoms with Crippen molar-refractivity contribution in [2.75, 3.05) is 13.1 Å². The zero-order valence-corrected chi connectivity index (χ0v) is 15.7. The van der Waals surface area contributed by atoms with Crippen LogP contribution in [0.2, 0.25) is 0 Å². The van der Waals surface area contributed by atoms with Gasteiger partial charge in [0.2, 0.25) is 5.91 Å². The van der Waals surface area contributed by atoms with Crippen molar-refractivity contribution in [2.24, 2.45) is 5.73 Å². The van der Waals surface area contributed by atoms with Gasteiger partial charge in [-0.2, -0.15) is 18.3 Å². The lowest BCUT2D eigenvalue weighted by atomic mass is 10.1. The molecule has 1 amide bonds. The lowest BCUT2D eigenvalue weighted by Crippen LogP contribution is -2.21. The van der Waals surface area contributed by atoms with Gasteiger partial charge in [0.15, 0.2) is 0 Å². The van der Waals surface area contributed by atoms with Gasteiger partial charge in [0.25, 0.3) is 0 Å². The molecule has 1 aromatic heterocycles. The van der Waals surface area contributed by atoms with Crippen LogP contribution in [0.4, 0.5) is 13.2 Å². The summed E-state index contributed by atoms with van der Waals surface area (Å²) >= 11 is 0. The zero-order valence-electron chi connectivity index (χ0n) is 15.7. The van der Waals surface area contributed by atoms with Crippen LogP contribution in [0.5, 0.6) is 0 Å². The molecule has 0 unspecified atom stereocenters. The van der Waals surface area contributed by atoms with Gasteiger partial charge in [0.05, 0.1) is 23.2 Å². The van der Waals surface area contributed by atoms with Crippen LogP contribution < -0.4 is 5.73 Å². The molecule has 3 aromatic rings. The molecule has 1 fully saturated rings. The van der Waals surface area contributed by atoms with Gasteiger partial charge in [-0.05, 0) is 49.2 Å². The number of likely N-dealkylation sites (tertiary alicyclic amines) is 1. The molecule has 5 nitrogen and oxygen atoms in total. The molecular weight excluding hydrogens is 381 g/mol. The van der Waals surface area contributed by atoms with Crippen LogP contribution in [0.1, 0.15) is 29.5 Å². The normalized spacial score (nSPS) is 15.3. The molecule has 152 valence electrons. The van der Waals surface area contributed by atoms with Gasteiger partial charge >= 0.3 is 6.18 Å². The van der Waals surface area contributed by atoms with E-state index in [1.165, 1.54) is 10.7 Å². The minimum absolute atomic E-state index is 0.0247. The predicted octanol–water partition coefficient (Wildman–Crippen LogP) is 3.67. The summed E-state index contributed by atoms with van der Waals surface area (Å²) in [5, 5.41) is 5.16. The highest BCUT2D eigenvalue weighted by Gasteiger charge is 2.34. The first-order valence-corrected chi connectivity index (χ1v) is 9.50. The van der Waals surface area contributed by atoms with Gasteiger partial charge in [0, 0.05) is 18.1 Å². The number of carbonyl (C=O) groups excluding carboxylic acids is 1. The van der Waals surface area contributed by atoms with E-state index in [1.807, 2.05) is 4.90 Å². The zero-order chi connectivity index (χ0) is 20.6. The minimum atomic E-state index is -4.45. The fourth-order valence-corrected chi connectivity index (χ4v) is 3.86. The molecule has 2 heterocycles. The summed E-state index contributed by atoms with van der Waals surface area (Å²) < 4.78 is 42.6. The van der Waals surface area contributed by atoms with Crippen molar-refractivity contribution in [1.82, 2.24) is 14.7 Å². The lowest BCUT2D eigenvalue weighted by molar-refractivity contribution is -0.138. The molecule has 1 aliphatic rings. The van der Waals surface area contributed by atoms with Crippen molar-refractivity contribution in [1.29, 1.82) is 0 Å². The molecule has 0 aliphatic carbocycles. The molecule has 0 radical (unpaired) electrons. The van der Waals surface area contributed by atoms with Crippen molar-refractivity contribution in [2.45, 2.75) is 32.0 Å². The third kappa shape index (κ3) is 4.12. The first-order chi connectivity index (χ1) is 13.8. The number of hydrogen-bond donors (Lipinski definition) is 1. The maximum Gasteiger partial charge on any atom is 0.416 e. The molecule has 0 saturated carbocycles. The number of halogens is 3. The lowest BCUT2D eigenvalue weighted by Gasteiger charge is -2.19. The highest BCUT2D eigenvalue weighted by Crippen LogP contribution is 2.34. The number of rotatable bonds is 5. The first-order valence-electron chi connectivity index (χ1n) is 9.50. The van der Waals surface area contributed by atoms with E-state index in [0.717, 1.165) is 37.4 Å². The van der Waals surface area contributed by atoms with Crippen LogP contribution in [-0.2, 0) is 23.9 Å². The van der Waals surface area contributed by atoms with Crippen LogP contribution in [0.3, 0.4) is 0 Å². The third-order valence-corrected chi connectivity index (χ3v) is 5.24. The van der Waals surface area contributed by atoms with Crippen molar-refractivity contribution in [3.8, 4) is 5.69 Å². The third-order valence-electron chi connectivity index (χ3n) is 5.24. The Balaban J connectivity index is 1.74. The Labute approximate surface area is 165 Å². The number of hydrogen-bond acceptors (Lipinski definition) is 3. The van der Waals surface area contributed by atoms with Crippen molar-refractivity contribution >= 4 is 16.8 Å². The largest absolute Gasteiger partial charge is 0.416 e. The molecule has 4 rings (SSSR count). The number of nitrogens with two attached hydrogens (primary N) is 1. The maximum absolute atomic E-state index is 13.7. The number of benzene rings is 2. The highest BCUT2D eigenvalue weighted by molar-refractivity contribution is 5.87. The number of carbonyl (C=O) groups is 1. The summed E-state index contributed by atoms with van der Waals surface area (Å²) in [6.45, 7) is 1.94. The summed E-state index contributed by atoms with van der Waals surface area (Å²) in [5.74, 6) is -0.488. The van der Waals surface area contributed by atoms with E-state index in [4.69, 9.17) is 5.73 Å². The Morgan fingerprint density at radius 2 is 1.86 bits per heavy atom. The Kier molecular flexibility index (Phi) is 5.04. The number of aromatic nitrogens is 2. The van der Waals surface area contributed by atoms with Gasteiger partial charge in [-0.1, -0.05) is 24.3 Å². The molecule has 2 N–H and O–H groups in total. The van der Waals surface area contributed by atoms with Crippen LogP contribution >= 0.6 is 0 Å². The standard InChI is InChI=1S/C21H21F3N4O/c22-21(23,24)18-11-17(7-6-15(18)12-27-8-1-2-9-27)28-13-16-5-3-4-14(10-19(25)29)20(16)26-28/h3-7,11,13H,1-2,8-10,12H2,(H2,25,29). The Bertz CT molecular complexity index is 1050. The fraction of sp³-hybridized carbons (Fsp3) is 0.333. The molecule has 0 bridgehead atoms. The summed E-state index contributed by atoms with van der Waals surface area (Å²) in [7, 11) is 0. The van der Waals surface area contributed by atoms with Crippen LogP contribution in [0.15, 0.2) is 42.6 Å². The molecule has 1 aliphatic heterocycles. The summed E-state index contributed by atoms with van der Waals surface area (Å²) in [4.78, 5) is 13.3. The van der Waals surface area contributed by atoms with E-state index in [1.54, 1.807) is 30.5 Å².